The highest BCUT2D eigenvalue weighted by molar-refractivity contribution is 6.16. The van der Waals surface area contributed by atoms with Gasteiger partial charge in [0, 0.05) is 6.07 Å². The van der Waals surface area contributed by atoms with Crippen molar-refractivity contribution in [2.24, 2.45) is 0 Å². The van der Waals surface area contributed by atoms with E-state index >= 15 is 0 Å². The average molecular weight is 320 g/mol. The van der Waals surface area contributed by atoms with E-state index in [2.05, 4.69) is 9.72 Å². The van der Waals surface area contributed by atoms with Gasteiger partial charge in [0.1, 0.15) is 5.75 Å². The first-order valence-corrected chi connectivity index (χ1v) is 5.52. The molecule has 1 N–H and O–H groups in total. The van der Waals surface area contributed by atoms with Crippen LogP contribution in [0, 0.1) is 0 Å². The second kappa shape index (κ2) is 6.21. The molecule has 1 aromatic heterocycles. The first-order chi connectivity index (χ1) is 9.14. The molecule has 4 nitrogen and oxygen atoms in total. The van der Waals surface area contributed by atoms with Crippen LogP contribution in [0.15, 0.2) is 6.07 Å². The van der Waals surface area contributed by atoms with Crippen LogP contribution < -0.4 is 4.74 Å². The van der Waals surface area contributed by atoms with Crippen LogP contribution >= 0.6 is 11.6 Å². The highest BCUT2D eigenvalue weighted by Gasteiger charge is 2.35. The molecule has 0 aliphatic rings. The normalized spacial score (nSPS) is 11.8. The van der Waals surface area contributed by atoms with Crippen LogP contribution in [0.4, 0.5) is 22.0 Å². The summed E-state index contributed by atoms with van der Waals surface area (Å²) in [4.78, 5) is 14.1. The molecule has 0 aliphatic heterocycles. The highest BCUT2D eigenvalue weighted by atomic mass is 35.5. The van der Waals surface area contributed by atoms with Gasteiger partial charge in [0.2, 0.25) is 0 Å². The summed E-state index contributed by atoms with van der Waals surface area (Å²) in [6, 6.07) is 0.604. The summed E-state index contributed by atoms with van der Waals surface area (Å²) >= 11 is 5.38. The number of aliphatic carboxylic acids is 1. The zero-order chi connectivity index (χ0) is 15.5. The molecule has 0 radical (unpaired) electrons. The number of carboxylic acid groups (broad SMARTS) is 1. The molecule has 10 heteroatoms. The zero-order valence-corrected chi connectivity index (χ0v) is 10.3. The van der Waals surface area contributed by atoms with Crippen LogP contribution in [0.1, 0.15) is 23.4 Å². The van der Waals surface area contributed by atoms with Crippen molar-refractivity contribution in [1.82, 2.24) is 4.98 Å². The molecule has 1 heterocycles. The van der Waals surface area contributed by atoms with Crippen LogP contribution in [-0.2, 0) is 17.1 Å². The molecule has 1 aromatic rings. The number of pyridine rings is 1. The van der Waals surface area contributed by atoms with Gasteiger partial charge in [-0.15, -0.1) is 24.8 Å². The van der Waals surface area contributed by atoms with Crippen molar-refractivity contribution < 1.29 is 36.6 Å². The first kappa shape index (κ1) is 16.4. The zero-order valence-electron chi connectivity index (χ0n) is 9.55. The Morgan fingerprint density at radius 3 is 2.45 bits per heavy atom. The SMILES string of the molecule is O=C(O)Cc1nc(CCl)cc(OC(F)(F)F)c1C(F)F. The number of hydrogen-bond acceptors (Lipinski definition) is 3. The van der Waals surface area contributed by atoms with Crippen molar-refractivity contribution >= 4 is 17.6 Å². The second-order valence-electron chi connectivity index (χ2n) is 3.52. The predicted molar refractivity (Wildman–Crippen MR) is 56.8 cm³/mol. The van der Waals surface area contributed by atoms with Gasteiger partial charge in [-0.1, -0.05) is 0 Å². The van der Waals surface area contributed by atoms with Crippen molar-refractivity contribution in [3.8, 4) is 5.75 Å². The van der Waals surface area contributed by atoms with Crippen molar-refractivity contribution in [1.29, 1.82) is 0 Å². The number of carboxylic acids is 1. The van der Waals surface area contributed by atoms with E-state index in [0.717, 1.165) is 0 Å². The third-order valence-electron chi connectivity index (χ3n) is 2.05. The van der Waals surface area contributed by atoms with Gasteiger partial charge in [-0.25, -0.2) is 8.78 Å². The molecule has 0 saturated heterocycles. The lowest BCUT2D eigenvalue weighted by Gasteiger charge is -2.16. The smallest absolute Gasteiger partial charge is 0.481 e. The number of ether oxygens (including phenoxy) is 1. The lowest BCUT2D eigenvalue weighted by Crippen LogP contribution is -2.20. The Morgan fingerprint density at radius 1 is 1.45 bits per heavy atom. The quantitative estimate of drug-likeness (QED) is 0.668. The Hall–Kier alpha value is -1.64. The lowest BCUT2D eigenvalue weighted by atomic mass is 10.1. The lowest BCUT2D eigenvalue weighted by molar-refractivity contribution is -0.275. The second-order valence-corrected chi connectivity index (χ2v) is 3.79. The minimum absolute atomic E-state index is 0.202. The molecule has 0 atom stereocenters. The van der Waals surface area contributed by atoms with Crippen LogP contribution in [0.5, 0.6) is 5.75 Å². The Bertz CT molecular complexity index is 506. The van der Waals surface area contributed by atoms with Gasteiger partial charge in [0.15, 0.2) is 0 Å². The van der Waals surface area contributed by atoms with Gasteiger partial charge in [0.25, 0.3) is 6.43 Å². The third-order valence-corrected chi connectivity index (χ3v) is 2.33. The third kappa shape index (κ3) is 4.48. The predicted octanol–water partition coefficient (Wildman–Crippen LogP) is 3.28. The number of hydrogen-bond donors (Lipinski definition) is 1. The maximum Gasteiger partial charge on any atom is 0.573 e. The van der Waals surface area contributed by atoms with E-state index < -0.39 is 42.2 Å². The number of aromatic nitrogens is 1. The van der Waals surface area contributed by atoms with Crippen molar-refractivity contribution in [3.63, 3.8) is 0 Å². The van der Waals surface area contributed by atoms with E-state index in [4.69, 9.17) is 16.7 Å². The number of rotatable bonds is 5. The molecular formula is C10H7ClF5NO3. The molecule has 0 spiro atoms. The number of halogens is 6. The fourth-order valence-corrected chi connectivity index (χ4v) is 1.56. The summed E-state index contributed by atoms with van der Waals surface area (Å²) in [5.74, 6) is -3.11. The summed E-state index contributed by atoms with van der Waals surface area (Å²) in [7, 11) is 0. The monoisotopic (exact) mass is 319 g/mol. The molecule has 0 aromatic carbocycles. The van der Waals surface area contributed by atoms with E-state index in [1.807, 2.05) is 0 Å². The van der Waals surface area contributed by atoms with Crippen LogP contribution in [0.2, 0.25) is 0 Å². The number of nitrogens with zero attached hydrogens (tertiary/aromatic N) is 1. The molecule has 0 amide bonds. The van der Waals surface area contributed by atoms with Gasteiger partial charge in [-0.3, -0.25) is 9.78 Å². The number of alkyl halides is 6. The Kier molecular flexibility index (Phi) is 5.09. The van der Waals surface area contributed by atoms with Gasteiger partial charge >= 0.3 is 12.3 Å². The standard InChI is InChI=1S/C10H7ClF5NO3/c11-3-4-1-6(20-10(14,15)16)8(9(12)13)5(17-4)2-7(18)19/h1,9H,2-3H2,(H,18,19). The molecule has 0 bridgehead atoms. The molecule has 20 heavy (non-hydrogen) atoms. The highest BCUT2D eigenvalue weighted by Crippen LogP contribution is 2.36. The van der Waals surface area contributed by atoms with Crippen LogP contribution in [0.25, 0.3) is 0 Å². The minimum Gasteiger partial charge on any atom is -0.481 e. The van der Waals surface area contributed by atoms with E-state index in [0.29, 0.717) is 6.07 Å². The summed E-state index contributed by atoms with van der Waals surface area (Å²) in [5.41, 5.74) is -2.13. The summed E-state index contributed by atoms with van der Waals surface area (Å²) in [5, 5.41) is 8.58. The van der Waals surface area contributed by atoms with E-state index in [1.165, 1.54) is 0 Å². The Balaban J connectivity index is 3.41. The van der Waals surface area contributed by atoms with Gasteiger partial charge < -0.3 is 9.84 Å². The maximum absolute atomic E-state index is 12.8. The van der Waals surface area contributed by atoms with Gasteiger partial charge in [0.05, 0.1) is 29.3 Å². The molecule has 0 unspecified atom stereocenters. The van der Waals surface area contributed by atoms with Gasteiger partial charge in [-0.05, 0) is 0 Å². The largest absolute Gasteiger partial charge is 0.573 e. The topological polar surface area (TPSA) is 59.4 Å². The summed E-state index contributed by atoms with van der Waals surface area (Å²) in [6.07, 6.45) is -9.55. The van der Waals surface area contributed by atoms with E-state index in [-0.39, 0.29) is 11.6 Å². The molecular weight excluding hydrogens is 313 g/mol. The summed E-state index contributed by atoms with van der Waals surface area (Å²) < 4.78 is 65.7. The summed E-state index contributed by atoms with van der Waals surface area (Å²) in [6.45, 7) is 0. The molecule has 1 rings (SSSR count). The van der Waals surface area contributed by atoms with Crippen molar-refractivity contribution in [3.05, 3.63) is 23.0 Å². The van der Waals surface area contributed by atoms with Crippen LogP contribution in [0.3, 0.4) is 0 Å². The van der Waals surface area contributed by atoms with Crippen molar-refractivity contribution in [2.45, 2.75) is 25.1 Å². The van der Waals surface area contributed by atoms with E-state index in [1.54, 1.807) is 0 Å². The average Bonchev–Trinajstić information content (AvgIpc) is 2.24. The maximum atomic E-state index is 12.8. The van der Waals surface area contributed by atoms with Crippen molar-refractivity contribution in [2.75, 3.05) is 0 Å². The van der Waals surface area contributed by atoms with E-state index in [9.17, 15) is 26.7 Å². The first-order valence-electron chi connectivity index (χ1n) is 4.98. The fraction of sp³-hybridized carbons (Fsp3) is 0.400. The fourth-order valence-electron chi connectivity index (χ4n) is 1.43. The molecule has 0 saturated carbocycles. The minimum atomic E-state index is -5.20. The van der Waals surface area contributed by atoms with Crippen LogP contribution in [-0.4, -0.2) is 22.4 Å². The molecule has 112 valence electrons. The van der Waals surface area contributed by atoms with Gasteiger partial charge in [-0.2, -0.15) is 0 Å². The Morgan fingerprint density at radius 2 is 2.05 bits per heavy atom. The molecule has 0 fully saturated rings. The number of carbonyl (C=O) groups is 1. The Labute approximate surface area is 114 Å². The molecule has 0 aliphatic carbocycles.